The average molecular weight is 472 g/mol. The second-order valence-electron chi connectivity index (χ2n) is 7.57. The van der Waals surface area contributed by atoms with Crippen molar-refractivity contribution in [1.82, 2.24) is 4.98 Å². The van der Waals surface area contributed by atoms with Crippen LogP contribution in [0, 0.1) is 0 Å². The first-order chi connectivity index (χ1) is 14.4. The van der Waals surface area contributed by atoms with Crippen molar-refractivity contribution in [2.24, 2.45) is 0 Å². The molecule has 8 heteroatoms. The molecule has 0 N–H and O–H groups in total. The fourth-order valence-electron chi connectivity index (χ4n) is 3.11. The average Bonchev–Trinajstić information content (AvgIpc) is 3.12. The summed E-state index contributed by atoms with van der Waals surface area (Å²) in [5.74, 6) is -0.0109. The summed E-state index contributed by atoms with van der Waals surface area (Å²) >= 11 is 2.73. The molecule has 0 fully saturated rings. The van der Waals surface area contributed by atoms with Crippen molar-refractivity contribution in [2.45, 2.75) is 80.4 Å². The number of aromatic nitrogens is 1. The largest absolute Gasteiger partial charge is 0.465 e. The molecule has 0 saturated carbocycles. The summed E-state index contributed by atoms with van der Waals surface area (Å²) in [5.41, 5.74) is 0.744. The Kier molecular flexibility index (Phi) is 11.2. The molecule has 0 aliphatic heterocycles. The fourth-order valence-corrected chi connectivity index (χ4v) is 5.74. The van der Waals surface area contributed by atoms with Crippen LogP contribution in [-0.2, 0) is 19.4 Å². The number of esters is 1. The van der Waals surface area contributed by atoms with E-state index in [1.807, 2.05) is 0 Å². The van der Waals surface area contributed by atoms with Crippen LogP contribution in [0.5, 0.6) is 0 Å². The van der Waals surface area contributed by atoms with E-state index in [2.05, 4.69) is 11.9 Å². The molecule has 0 aliphatic carbocycles. The van der Waals surface area contributed by atoms with E-state index in [-0.39, 0.29) is 16.6 Å². The molecule has 0 radical (unpaired) electrons. The number of benzene rings is 1. The molecule has 0 atom stereocenters. The number of fused-ring (bicyclic) bond motifs is 1. The Bertz CT molecular complexity index is 893. The quantitative estimate of drug-likeness (QED) is 0.173. The van der Waals surface area contributed by atoms with Crippen LogP contribution in [0.3, 0.4) is 0 Å². The van der Waals surface area contributed by atoms with Gasteiger partial charge >= 0.3 is 5.97 Å². The number of thiazole rings is 1. The number of sulfone groups is 1. The zero-order valence-electron chi connectivity index (χ0n) is 18.0. The van der Waals surface area contributed by atoms with Crippen molar-refractivity contribution >= 4 is 49.1 Å². The molecular weight excluding hydrogens is 438 g/mol. The molecule has 30 heavy (non-hydrogen) atoms. The lowest BCUT2D eigenvalue weighted by atomic mass is 10.1. The van der Waals surface area contributed by atoms with Crippen molar-refractivity contribution in [3.63, 3.8) is 0 Å². The van der Waals surface area contributed by atoms with E-state index in [0.717, 1.165) is 27.4 Å². The highest BCUT2D eigenvalue weighted by atomic mass is 32.2. The van der Waals surface area contributed by atoms with E-state index < -0.39 is 9.84 Å². The maximum Gasteiger partial charge on any atom is 0.316 e. The minimum Gasteiger partial charge on any atom is -0.465 e. The lowest BCUT2D eigenvalue weighted by Crippen LogP contribution is -2.08. The minimum atomic E-state index is -3.24. The normalized spacial score (nSPS) is 11.8. The lowest BCUT2D eigenvalue weighted by Gasteiger charge is -2.04. The zero-order chi connectivity index (χ0) is 21.8. The second-order valence-corrected chi connectivity index (χ2v) is 11.8. The SMILES string of the molecule is CCCCCCCCCCCCOC(=O)CSc1nc2ccc(S(C)(=O)=O)cc2s1. The van der Waals surface area contributed by atoms with Gasteiger partial charge in [0.1, 0.15) is 0 Å². The Morgan fingerprint density at radius 1 is 1.03 bits per heavy atom. The number of carbonyl (C=O) groups excluding carboxylic acids is 1. The Morgan fingerprint density at radius 3 is 2.30 bits per heavy atom. The van der Waals surface area contributed by atoms with Crippen molar-refractivity contribution in [3.05, 3.63) is 18.2 Å². The number of unbranched alkanes of at least 4 members (excludes halogenated alkanes) is 9. The summed E-state index contributed by atoms with van der Waals surface area (Å²) < 4.78 is 30.2. The first-order valence-electron chi connectivity index (χ1n) is 10.8. The highest BCUT2D eigenvalue weighted by Gasteiger charge is 2.12. The van der Waals surface area contributed by atoms with Gasteiger partial charge < -0.3 is 4.74 Å². The van der Waals surface area contributed by atoms with Gasteiger partial charge in [0.2, 0.25) is 0 Å². The van der Waals surface area contributed by atoms with Crippen LogP contribution in [0.15, 0.2) is 27.4 Å². The molecule has 1 heterocycles. The van der Waals surface area contributed by atoms with Crippen LogP contribution in [0.1, 0.15) is 71.1 Å². The van der Waals surface area contributed by atoms with E-state index in [1.54, 1.807) is 18.2 Å². The molecule has 2 aromatic rings. The molecule has 0 unspecified atom stereocenters. The van der Waals surface area contributed by atoms with Gasteiger partial charge in [-0.1, -0.05) is 76.5 Å². The Hall–Kier alpha value is -1.12. The maximum atomic E-state index is 11.9. The molecule has 0 amide bonds. The third-order valence-electron chi connectivity index (χ3n) is 4.84. The van der Waals surface area contributed by atoms with Crippen molar-refractivity contribution in [1.29, 1.82) is 0 Å². The van der Waals surface area contributed by atoms with Gasteiger partial charge in [0.05, 0.1) is 27.5 Å². The number of carbonyl (C=O) groups is 1. The van der Waals surface area contributed by atoms with E-state index in [4.69, 9.17) is 4.74 Å². The Labute approximate surface area is 188 Å². The van der Waals surface area contributed by atoms with E-state index in [1.165, 1.54) is 80.7 Å². The van der Waals surface area contributed by atoms with Crippen LogP contribution >= 0.6 is 23.1 Å². The second kappa shape index (κ2) is 13.3. The molecule has 2 rings (SSSR count). The van der Waals surface area contributed by atoms with Gasteiger partial charge in [-0.3, -0.25) is 4.79 Å². The molecule has 0 bridgehead atoms. The highest BCUT2D eigenvalue weighted by Crippen LogP contribution is 2.31. The molecular formula is C22H33NO4S3. The summed E-state index contributed by atoms with van der Waals surface area (Å²) in [6, 6.07) is 4.90. The van der Waals surface area contributed by atoms with Gasteiger partial charge in [0, 0.05) is 6.26 Å². The Morgan fingerprint density at radius 2 is 1.67 bits per heavy atom. The van der Waals surface area contributed by atoms with Gasteiger partial charge in [-0.05, 0) is 24.6 Å². The summed E-state index contributed by atoms with van der Waals surface area (Å²) in [6.07, 6.45) is 13.7. The molecule has 5 nitrogen and oxygen atoms in total. The molecule has 0 saturated heterocycles. The van der Waals surface area contributed by atoms with Crippen molar-refractivity contribution < 1.29 is 17.9 Å². The smallest absolute Gasteiger partial charge is 0.316 e. The molecule has 1 aromatic carbocycles. The number of thioether (sulfide) groups is 1. The fraction of sp³-hybridized carbons (Fsp3) is 0.636. The van der Waals surface area contributed by atoms with Gasteiger partial charge in [0.15, 0.2) is 14.2 Å². The third-order valence-corrected chi connectivity index (χ3v) is 8.09. The number of ether oxygens (including phenoxy) is 1. The summed E-state index contributed by atoms with van der Waals surface area (Å²) in [4.78, 5) is 16.7. The van der Waals surface area contributed by atoms with Gasteiger partial charge in [-0.15, -0.1) is 11.3 Å². The van der Waals surface area contributed by atoms with Crippen LogP contribution in [0.25, 0.3) is 10.2 Å². The predicted molar refractivity (Wildman–Crippen MR) is 126 cm³/mol. The van der Waals surface area contributed by atoms with Gasteiger partial charge in [0.25, 0.3) is 0 Å². The third kappa shape index (κ3) is 9.35. The number of hydrogen-bond donors (Lipinski definition) is 0. The zero-order valence-corrected chi connectivity index (χ0v) is 20.5. The van der Waals surface area contributed by atoms with E-state index in [0.29, 0.717) is 6.61 Å². The standard InChI is InChI=1S/C22H33NO4S3/c1-3-4-5-6-7-8-9-10-11-12-15-27-21(24)17-28-22-23-19-14-13-18(30(2,25)26)16-20(19)29-22/h13-14,16H,3-12,15,17H2,1-2H3. The highest BCUT2D eigenvalue weighted by molar-refractivity contribution is 8.01. The number of nitrogens with zero attached hydrogens (tertiary/aromatic N) is 1. The minimum absolute atomic E-state index is 0.219. The van der Waals surface area contributed by atoms with Crippen molar-refractivity contribution in [3.8, 4) is 0 Å². The number of hydrogen-bond acceptors (Lipinski definition) is 7. The Balaban J connectivity index is 1.58. The first kappa shape index (κ1) is 25.1. The van der Waals surface area contributed by atoms with E-state index in [9.17, 15) is 13.2 Å². The molecule has 168 valence electrons. The van der Waals surface area contributed by atoms with Crippen LogP contribution in [0.4, 0.5) is 0 Å². The van der Waals surface area contributed by atoms with Crippen LogP contribution < -0.4 is 0 Å². The summed E-state index contributed by atoms with van der Waals surface area (Å²) in [6.45, 7) is 2.72. The van der Waals surface area contributed by atoms with Crippen LogP contribution in [-0.4, -0.2) is 38.0 Å². The molecule has 0 aliphatic rings. The van der Waals surface area contributed by atoms with Gasteiger partial charge in [-0.2, -0.15) is 0 Å². The van der Waals surface area contributed by atoms with Gasteiger partial charge in [-0.25, -0.2) is 13.4 Å². The monoisotopic (exact) mass is 471 g/mol. The summed E-state index contributed by atoms with van der Waals surface area (Å²) in [7, 11) is -3.24. The van der Waals surface area contributed by atoms with Crippen LogP contribution in [0.2, 0.25) is 0 Å². The topological polar surface area (TPSA) is 73.3 Å². The molecule has 1 aromatic heterocycles. The van der Waals surface area contributed by atoms with Crippen molar-refractivity contribution in [2.75, 3.05) is 18.6 Å². The first-order valence-corrected chi connectivity index (χ1v) is 14.5. The molecule has 0 spiro atoms. The lowest BCUT2D eigenvalue weighted by molar-refractivity contribution is -0.140. The maximum absolute atomic E-state index is 11.9. The van der Waals surface area contributed by atoms with E-state index >= 15 is 0 Å². The number of rotatable bonds is 15. The summed E-state index contributed by atoms with van der Waals surface area (Å²) in [5, 5.41) is 0. The predicted octanol–water partition coefficient (Wildman–Crippen LogP) is 6.26.